The predicted molar refractivity (Wildman–Crippen MR) is 115 cm³/mol. The van der Waals surface area contributed by atoms with Crippen LogP contribution in [0.1, 0.15) is 46.0 Å². The van der Waals surface area contributed by atoms with Gasteiger partial charge in [-0.3, -0.25) is 9.69 Å². The van der Waals surface area contributed by atoms with E-state index >= 15 is 0 Å². The maximum atomic E-state index is 12.3. The van der Waals surface area contributed by atoms with E-state index in [0.717, 1.165) is 77.2 Å². The van der Waals surface area contributed by atoms with Gasteiger partial charge in [-0.15, -0.1) is 0 Å². The molecular formula is C23H37N3O2. The largest absolute Gasteiger partial charge is 0.495 e. The second-order valence-corrected chi connectivity index (χ2v) is 9.00. The number of methoxy groups -OCH3 is 1. The van der Waals surface area contributed by atoms with Crippen LogP contribution in [0.25, 0.3) is 0 Å². The van der Waals surface area contributed by atoms with Gasteiger partial charge < -0.3 is 14.5 Å². The fourth-order valence-corrected chi connectivity index (χ4v) is 4.27. The summed E-state index contributed by atoms with van der Waals surface area (Å²) in [6.07, 6.45) is 5.15. The number of carbonyl (C=O) groups excluding carboxylic acids is 1. The topological polar surface area (TPSA) is 36.0 Å². The lowest BCUT2D eigenvalue weighted by molar-refractivity contribution is -0.130. The molecule has 0 radical (unpaired) electrons. The van der Waals surface area contributed by atoms with Crippen molar-refractivity contribution in [2.45, 2.75) is 46.0 Å². The normalized spacial score (nSPS) is 20.9. The highest BCUT2D eigenvalue weighted by Crippen LogP contribution is 2.30. The standard InChI is InChI=1S/C23H37N3O2/c1-23(2)11-10-22(27)26(15-12-23)14-7-6-13-24-16-18-25(19-17-24)20-8-4-5-9-21(20)28-3/h4-5,8-9H,6-7,10-19H2,1-3H3. The zero-order chi connectivity index (χ0) is 20.0. The first kappa shape index (κ1) is 21.0. The number of hydrogen-bond acceptors (Lipinski definition) is 4. The minimum Gasteiger partial charge on any atom is -0.495 e. The first-order valence-corrected chi connectivity index (χ1v) is 10.9. The molecule has 5 nitrogen and oxygen atoms in total. The molecule has 0 atom stereocenters. The highest BCUT2D eigenvalue weighted by Gasteiger charge is 2.27. The van der Waals surface area contributed by atoms with Crippen LogP contribution < -0.4 is 9.64 Å². The van der Waals surface area contributed by atoms with E-state index < -0.39 is 0 Å². The Labute approximate surface area is 170 Å². The molecule has 2 heterocycles. The molecule has 0 aliphatic carbocycles. The van der Waals surface area contributed by atoms with Gasteiger partial charge in [0.1, 0.15) is 5.75 Å². The molecule has 2 saturated heterocycles. The lowest BCUT2D eigenvalue weighted by Gasteiger charge is -2.36. The summed E-state index contributed by atoms with van der Waals surface area (Å²) >= 11 is 0. The zero-order valence-corrected chi connectivity index (χ0v) is 18.0. The van der Waals surface area contributed by atoms with Crippen molar-refractivity contribution >= 4 is 11.6 Å². The summed E-state index contributed by atoms with van der Waals surface area (Å²) in [6.45, 7) is 11.8. The average molecular weight is 388 g/mol. The van der Waals surface area contributed by atoms with E-state index in [1.807, 2.05) is 12.1 Å². The number of benzene rings is 1. The number of ether oxygens (including phenoxy) is 1. The summed E-state index contributed by atoms with van der Waals surface area (Å²) in [7, 11) is 1.74. The molecule has 1 amide bonds. The molecule has 5 heteroatoms. The number of anilines is 1. The van der Waals surface area contributed by atoms with Crippen LogP contribution in [0.3, 0.4) is 0 Å². The van der Waals surface area contributed by atoms with Crippen molar-refractivity contribution in [1.29, 1.82) is 0 Å². The molecule has 2 fully saturated rings. The van der Waals surface area contributed by atoms with Crippen LogP contribution in [0.15, 0.2) is 24.3 Å². The molecule has 0 spiro atoms. The number of unbranched alkanes of at least 4 members (excludes halogenated alkanes) is 1. The molecule has 0 unspecified atom stereocenters. The Bertz CT molecular complexity index is 638. The third kappa shape index (κ3) is 5.63. The van der Waals surface area contributed by atoms with Gasteiger partial charge in [0, 0.05) is 45.7 Å². The molecule has 0 aromatic heterocycles. The number of amides is 1. The van der Waals surface area contributed by atoms with Gasteiger partial charge in [-0.2, -0.15) is 0 Å². The lowest BCUT2D eigenvalue weighted by atomic mass is 9.85. The number of hydrogen-bond donors (Lipinski definition) is 0. The molecule has 1 aromatic rings. The summed E-state index contributed by atoms with van der Waals surface area (Å²) in [4.78, 5) is 19.4. The van der Waals surface area contributed by atoms with Gasteiger partial charge in [0.05, 0.1) is 12.8 Å². The number of carbonyl (C=O) groups is 1. The lowest BCUT2D eigenvalue weighted by Crippen LogP contribution is -2.46. The van der Waals surface area contributed by atoms with Crippen molar-refractivity contribution in [2.75, 3.05) is 57.8 Å². The Morgan fingerprint density at radius 1 is 0.964 bits per heavy atom. The van der Waals surface area contributed by atoms with E-state index in [-0.39, 0.29) is 0 Å². The minimum absolute atomic E-state index is 0.311. The highest BCUT2D eigenvalue weighted by atomic mass is 16.5. The monoisotopic (exact) mass is 387 g/mol. The number of nitrogens with zero attached hydrogens (tertiary/aromatic N) is 3. The molecule has 1 aromatic carbocycles. The van der Waals surface area contributed by atoms with Gasteiger partial charge >= 0.3 is 0 Å². The SMILES string of the molecule is COc1ccccc1N1CCN(CCCCN2CCC(C)(C)CCC2=O)CC1. The molecule has 3 rings (SSSR count). The number of likely N-dealkylation sites (tertiary alicyclic amines) is 1. The van der Waals surface area contributed by atoms with Crippen molar-refractivity contribution in [3.05, 3.63) is 24.3 Å². The van der Waals surface area contributed by atoms with E-state index in [4.69, 9.17) is 4.74 Å². The Hall–Kier alpha value is -1.75. The van der Waals surface area contributed by atoms with Gasteiger partial charge in [0.25, 0.3) is 0 Å². The van der Waals surface area contributed by atoms with Crippen LogP contribution in [0, 0.1) is 5.41 Å². The smallest absolute Gasteiger partial charge is 0.222 e. The van der Waals surface area contributed by atoms with Crippen LogP contribution in [-0.2, 0) is 4.79 Å². The second-order valence-electron chi connectivity index (χ2n) is 9.00. The molecule has 156 valence electrons. The van der Waals surface area contributed by atoms with Crippen LogP contribution in [0.5, 0.6) is 5.75 Å². The van der Waals surface area contributed by atoms with Gasteiger partial charge in [0.15, 0.2) is 0 Å². The molecular weight excluding hydrogens is 350 g/mol. The van der Waals surface area contributed by atoms with Gasteiger partial charge in [0.2, 0.25) is 5.91 Å². The Morgan fingerprint density at radius 2 is 1.68 bits per heavy atom. The van der Waals surface area contributed by atoms with Crippen molar-refractivity contribution in [3.8, 4) is 5.75 Å². The molecule has 2 aliphatic heterocycles. The molecule has 28 heavy (non-hydrogen) atoms. The minimum atomic E-state index is 0.311. The van der Waals surface area contributed by atoms with Crippen LogP contribution in [-0.4, -0.2) is 68.6 Å². The number of para-hydroxylation sites is 2. The van der Waals surface area contributed by atoms with Crippen LogP contribution in [0.2, 0.25) is 0 Å². The van der Waals surface area contributed by atoms with E-state index in [0.29, 0.717) is 11.3 Å². The van der Waals surface area contributed by atoms with Crippen LogP contribution >= 0.6 is 0 Å². The van der Waals surface area contributed by atoms with Gasteiger partial charge in [-0.05, 0) is 49.8 Å². The summed E-state index contributed by atoms with van der Waals surface area (Å²) in [5, 5.41) is 0. The summed E-state index contributed by atoms with van der Waals surface area (Å²) in [5.74, 6) is 1.32. The first-order valence-electron chi connectivity index (χ1n) is 10.9. The fourth-order valence-electron chi connectivity index (χ4n) is 4.27. The Kier molecular flexibility index (Phi) is 7.22. The Morgan fingerprint density at radius 3 is 2.43 bits per heavy atom. The second kappa shape index (κ2) is 9.64. The molecule has 0 bridgehead atoms. The fraction of sp³-hybridized carbons (Fsp3) is 0.696. The van der Waals surface area contributed by atoms with E-state index in [1.165, 1.54) is 12.1 Å². The quantitative estimate of drug-likeness (QED) is 0.670. The number of rotatable bonds is 7. The maximum Gasteiger partial charge on any atom is 0.222 e. The van der Waals surface area contributed by atoms with Gasteiger partial charge in [-0.25, -0.2) is 0 Å². The van der Waals surface area contributed by atoms with Crippen molar-refractivity contribution < 1.29 is 9.53 Å². The van der Waals surface area contributed by atoms with Crippen molar-refractivity contribution in [1.82, 2.24) is 9.80 Å². The molecule has 2 aliphatic rings. The van der Waals surface area contributed by atoms with Crippen molar-refractivity contribution in [2.24, 2.45) is 5.41 Å². The Balaban J connectivity index is 1.36. The predicted octanol–water partition coefficient (Wildman–Crippen LogP) is 3.64. The summed E-state index contributed by atoms with van der Waals surface area (Å²) in [6, 6.07) is 8.28. The van der Waals surface area contributed by atoms with E-state index in [2.05, 4.69) is 40.7 Å². The third-order valence-corrected chi connectivity index (χ3v) is 6.38. The third-order valence-electron chi connectivity index (χ3n) is 6.38. The molecule has 0 saturated carbocycles. The summed E-state index contributed by atoms with van der Waals surface area (Å²) < 4.78 is 5.51. The average Bonchev–Trinajstić information content (AvgIpc) is 2.84. The molecule has 0 N–H and O–H groups in total. The number of piperazine rings is 1. The zero-order valence-electron chi connectivity index (χ0n) is 18.0. The first-order chi connectivity index (χ1) is 13.5. The van der Waals surface area contributed by atoms with Crippen molar-refractivity contribution in [3.63, 3.8) is 0 Å². The summed E-state index contributed by atoms with van der Waals surface area (Å²) in [5.41, 5.74) is 1.51. The van der Waals surface area contributed by atoms with E-state index in [9.17, 15) is 4.79 Å². The highest BCUT2D eigenvalue weighted by molar-refractivity contribution is 5.76. The van der Waals surface area contributed by atoms with E-state index in [1.54, 1.807) is 7.11 Å². The van der Waals surface area contributed by atoms with Crippen LogP contribution in [0.4, 0.5) is 5.69 Å². The maximum absolute atomic E-state index is 12.3. The van der Waals surface area contributed by atoms with Gasteiger partial charge in [-0.1, -0.05) is 26.0 Å².